The summed E-state index contributed by atoms with van der Waals surface area (Å²) in [7, 11) is 0. The summed E-state index contributed by atoms with van der Waals surface area (Å²) in [6, 6.07) is 5.68. The standard InChI is InChI=1S/C10H11Cl2N.C7H10N2O2S.CH2O/c1-7(2)13-6-8-9(11)4-3-5-10(8)12;1-2-8-7-9-5(4-12-7)3-6(10)11;1-2/h3-7H,1-2H3;4H,2-3H2,1H3,(H,8,9)(H,10,11);1H2. The lowest BCUT2D eigenvalue weighted by Crippen LogP contribution is -2.01. The number of carboxylic acids is 1. The van der Waals surface area contributed by atoms with Crippen LogP contribution < -0.4 is 5.32 Å². The van der Waals surface area contributed by atoms with Crippen LogP contribution in [0, 0.1) is 0 Å². The zero-order valence-electron chi connectivity index (χ0n) is 15.4. The molecule has 0 fully saturated rings. The number of aliphatic carboxylic acids is 1. The summed E-state index contributed by atoms with van der Waals surface area (Å²) in [6.45, 7) is 8.78. The summed E-state index contributed by atoms with van der Waals surface area (Å²) in [5.41, 5.74) is 1.41. The van der Waals surface area contributed by atoms with Crippen molar-refractivity contribution in [3.05, 3.63) is 44.9 Å². The molecule has 0 amide bonds. The Morgan fingerprint density at radius 1 is 1.37 bits per heavy atom. The van der Waals surface area contributed by atoms with E-state index in [-0.39, 0.29) is 12.5 Å². The first-order chi connectivity index (χ1) is 12.8. The number of nitrogens with zero attached hydrogens (tertiary/aromatic N) is 2. The van der Waals surface area contributed by atoms with E-state index in [0.717, 1.165) is 17.2 Å². The minimum absolute atomic E-state index is 0.00188. The number of halogens is 2. The van der Waals surface area contributed by atoms with Crippen molar-refractivity contribution in [2.45, 2.75) is 33.2 Å². The Labute approximate surface area is 173 Å². The van der Waals surface area contributed by atoms with Crippen LogP contribution >= 0.6 is 34.5 Å². The van der Waals surface area contributed by atoms with Crippen LogP contribution in [0.1, 0.15) is 32.0 Å². The molecule has 0 saturated carbocycles. The highest BCUT2D eigenvalue weighted by molar-refractivity contribution is 7.13. The Hall–Kier alpha value is -1.96. The van der Waals surface area contributed by atoms with E-state index < -0.39 is 5.97 Å². The molecule has 0 saturated heterocycles. The Balaban J connectivity index is 0.000000460. The van der Waals surface area contributed by atoms with E-state index in [0.29, 0.717) is 15.7 Å². The largest absolute Gasteiger partial charge is 0.481 e. The van der Waals surface area contributed by atoms with Crippen LogP contribution in [0.15, 0.2) is 28.6 Å². The highest BCUT2D eigenvalue weighted by Gasteiger charge is 2.04. The molecule has 0 aliphatic carbocycles. The summed E-state index contributed by atoms with van der Waals surface area (Å²) < 4.78 is 0. The topological polar surface area (TPSA) is 91.7 Å². The summed E-state index contributed by atoms with van der Waals surface area (Å²) in [5.74, 6) is -0.844. The van der Waals surface area contributed by atoms with Crippen LogP contribution in [-0.2, 0) is 16.0 Å². The molecule has 1 heterocycles. The SMILES string of the molecule is C=O.CC(C)N=Cc1c(Cl)cccc1Cl.CCNc1nc(CC(=O)O)cs1. The van der Waals surface area contributed by atoms with Gasteiger partial charge in [0.25, 0.3) is 0 Å². The number of hydrogen-bond donors (Lipinski definition) is 2. The van der Waals surface area contributed by atoms with Gasteiger partial charge in [-0.1, -0.05) is 29.3 Å². The molecule has 0 aliphatic rings. The lowest BCUT2D eigenvalue weighted by Gasteiger charge is -2.01. The second kappa shape index (κ2) is 14.1. The zero-order valence-corrected chi connectivity index (χ0v) is 17.7. The van der Waals surface area contributed by atoms with E-state index in [4.69, 9.17) is 33.1 Å². The molecule has 0 spiro atoms. The molecule has 9 heteroatoms. The molecule has 0 unspecified atom stereocenters. The number of aromatic nitrogens is 1. The lowest BCUT2D eigenvalue weighted by molar-refractivity contribution is -0.136. The van der Waals surface area contributed by atoms with E-state index in [1.165, 1.54) is 11.3 Å². The van der Waals surface area contributed by atoms with Gasteiger partial charge in [0.05, 0.1) is 22.2 Å². The van der Waals surface area contributed by atoms with Crippen molar-refractivity contribution in [1.29, 1.82) is 0 Å². The van der Waals surface area contributed by atoms with Gasteiger partial charge < -0.3 is 15.2 Å². The van der Waals surface area contributed by atoms with Crippen molar-refractivity contribution >= 4 is 58.6 Å². The predicted octanol–water partition coefficient (Wildman–Crippen LogP) is 4.84. The van der Waals surface area contributed by atoms with E-state index in [2.05, 4.69) is 15.3 Å². The van der Waals surface area contributed by atoms with Gasteiger partial charge in [-0.05, 0) is 32.9 Å². The molecule has 148 valence electrons. The van der Waals surface area contributed by atoms with Gasteiger partial charge in [0.15, 0.2) is 5.13 Å². The molecular weight excluding hydrogens is 409 g/mol. The van der Waals surface area contributed by atoms with Gasteiger partial charge in [-0.3, -0.25) is 9.79 Å². The smallest absolute Gasteiger partial charge is 0.309 e. The van der Waals surface area contributed by atoms with Crippen LogP contribution in [0.3, 0.4) is 0 Å². The summed E-state index contributed by atoms with van der Waals surface area (Å²) >= 11 is 13.3. The van der Waals surface area contributed by atoms with E-state index in [1.807, 2.05) is 33.6 Å². The molecule has 6 nitrogen and oxygen atoms in total. The third-order valence-corrected chi connectivity index (χ3v) is 4.22. The number of rotatable bonds is 6. The molecule has 1 aromatic heterocycles. The Morgan fingerprint density at radius 2 is 1.96 bits per heavy atom. The van der Waals surface area contributed by atoms with Gasteiger partial charge >= 0.3 is 5.97 Å². The molecule has 0 bridgehead atoms. The monoisotopic (exact) mass is 431 g/mol. The molecule has 2 aromatic rings. The minimum atomic E-state index is -0.844. The zero-order chi connectivity index (χ0) is 20.8. The van der Waals surface area contributed by atoms with Crippen LogP contribution in [0.25, 0.3) is 0 Å². The molecule has 1 aromatic carbocycles. The fourth-order valence-electron chi connectivity index (χ4n) is 1.63. The number of carbonyl (C=O) groups excluding carboxylic acids is 1. The fourth-order valence-corrected chi connectivity index (χ4v) is 2.91. The minimum Gasteiger partial charge on any atom is -0.481 e. The van der Waals surface area contributed by atoms with Gasteiger partial charge in [-0.15, -0.1) is 11.3 Å². The number of carboxylic acid groups (broad SMARTS) is 1. The van der Waals surface area contributed by atoms with Gasteiger partial charge in [0, 0.05) is 29.7 Å². The number of benzene rings is 1. The number of thiazole rings is 1. The van der Waals surface area contributed by atoms with Crippen LogP contribution in [0.5, 0.6) is 0 Å². The number of nitrogens with one attached hydrogen (secondary N) is 1. The third-order valence-electron chi connectivity index (χ3n) is 2.71. The van der Waals surface area contributed by atoms with E-state index in [9.17, 15) is 4.79 Å². The molecule has 0 radical (unpaired) electrons. The van der Waals surface area contributed by atoms with Gasteiger partial charge in [0.1, 0.15) is 6.79 Å². The van der Waals surface area contributed by atoms with Crippen LogP contribution in [0.4, 0.5) is 5.13 Å². The van der Waals surface area contributed by atoms with Gasteiger partial charge in [0.2, 0.25) is 0 Å². The van der Waals surface area contributed by atoms with Crippen molar-refractivity contribution in [2.75, 3.05) is 11.9 Å². The maximum Gasteiger partial charge on any atom is 0.309 e. The van der Waals surface area contributed by atoms with Crippen LogP contribution in [0.2, 0.25) is 10.0 Å². The quantitative estimate of drug-likeness (QED) is 0.638. The highest BCUT2D eigenvalue weighted by atomic mass is 35.5. The number of carbonyl (C=O) groups is 2. The number of hydrogen-bond acceptors (Lipinski definition) is 6. The van der Waals surface area contributed by atoms with E-state index in [1.54, 1.807) is 23.7 Å². The Kier molecular flexibility index (Phi) is 13.1. The maximum atomic E-state index is 10.3. The highest BCUT2D eigenvalue weighted by Crippen LogP contribution is 2.22. The molecular formula is C18H23Cl2N3O3S. The van der Waals surface area contributed by atoms with E-state index >= 15 is 0 Å². The van der Waals surface area contributed by atoms with Crippen molar-refractivity contribution < 1.29 is 14.7 Å². The molecule has 2 rings (SSSR count). The summed E-state index contributed by atoms with van der Waals surface area (Å²) in [6.07, 6.45) is 1.72. The maximum absolute atomic E-state index is 10.3. The number of anilines is 1. The average Bonchev–Trinajstić information content (AvgIpc) is 3.03. The first kappa shape index (κ1) is 25.0. The third kappa shape index (κ3) is 10.7. The predicted molar refractivity (Wildman–Crippen MR) is 114 cm³/mol. The van der Waals surface area contributed by atoms with Gasteiger partial charge in [-0.2, -0.15) is 0 Å². The number of aliphatic imine (C=N–C) groups is 1. The van der Waals surface area contributed by atoms with Crippen molar-refractivity contribution in [2.24, 2.45) is 4.99 Å². The summed E-state index contributed by atoms with van der Waals surface area (Å²) in [4.78, 5) is 26.6. The Bertz CT molecular complexity index is 716. The normalized spacial score (nSPS) is 10.0. The molecule has 2 N–H and O–H groups in total. The van der Waals surface area contributed by atoms with Crippen LogP contribution in [-0.4, -0.2) is 41.7 Å². The molecule has 0 aliphatic heterocycles. The Morgan fingerprint density at radius 3 is 2.44 bits per heavy atom. The van der Waals surface area contributed by atoms with Gasteiger partial charge in [-0.25, -0.2) is 4.98 Å². The van der Waals surface area contributed by atoms with Crippen molar-refractivity contribution in [3.63, 3.8) is 0 Å². The fraction of sp³-hybridized carbons (Fsp3) is 0.333. The molecule has 0 atom stereocenters. The average molecular weight is 432 g/mol. The van der Waals surface area contributed by atoms with Crippen molar-refractivity contribution in [1.82, 2.24) is 4.98 Å². The summed E-state index contributed by atoms with van der Waals surface area (Å²) in [5, 5.41) is 15.3. The second-order valence-electron chi connectivity index (χ2n) is 5.25. The molecule has 27 heavy (non-hydrogen) atoms. The van der Waals surface area contributed by atoms with Crippen molar-refractivity contribution in [3.8, 4) is 0 Å². The lowest BCUT2D eigenvalue weighted by atomic mass is 10.2. The first-order valence-corrected chi connectivity index (χ1v) is 9.63. The first-order valence-electron chi connectivity index (χ1n) is 7.99. The second-order valence-corrected chi connectivity index (χ2v) is 6.92.